The van der Waals surface area contributed by atoms with Crippen LogP contribution in [0.1, 0.15) is 85.5 Å². The van der Waals surface area contributed by atoms with Crippen molar-refractivity contribution in [1.29, 1.82) is 0 Å². The van der Waals surface area contributed by atoms with Gasteiger partial charge in [0.2, 0.25) is 0 Å². The zero-order chi connectivity index (χ0) is 31.3. The van der Waals surface area contributed by atoms with Crippen LogP contribution in [0.5, 0.6) is 0 Å². The molecule has 4 aromatic carbocycles. The van der Waals surface area contributed by atoms with Crippen LogP contribution in [-0.4, -0.2) is 0 Å². The lowest BCUT2D eigenvalue weighted by molar-refractivity contribution is 0.199. The number of hydrogen-bond donors (Lipinski definition) is 0. The maximum Gasteiger partial charge on any atom is -0.00164 e. The van der Waals surface area contributed by atoms with Crippen molar-refractivity contribution in [3.63, 3.8) is 0 Å². The largest absolute Gasteiger partial charge is 0.0885 e. The Morgan fingerprint density at radius 2 is 1.52 bits per heavy atom. The van der Waals surface area contributed by atoms with E-state index in [4.69, 9.17) is 0 Å². The molecule has 8 atom stereocenters. The highest BCUT2D eigenvalue weighted by atomic mass is 14.6. The predicted molar refractivity (Wildman–Crippen MR) is 201 cm³/mol. The minimum atomic E-state index is 0.529. The van der Waals surface area contributed by atoms with Crippen LogP contribution in [0, 0.1) is 35.5 Å². The summed E-state index contributed by atoms with van der Waals surface area (Å²) in [4.78, 5) is 0. The summed E-state index contributed by atoms with van der Waals surface area (Å²) in [5, 5.41) is 2.99. The summed E-state index contributed by atoms with van der Waals surface area (Å²) in [6, 6.07) is 29.1. The van der Waals surface area contributed by atoms with Gasteiger partial charge in [-0.25, -0.2) is 0 Å². The van der Waals surface area contributed by atoms with E-state index in [0.29, 0.717) is 41.4 Å². The fourth-order valence-electron chi connectivity index (χ4n) is 12.0. The lowest BCUT2D eigenvalue weighted by atomic mass is 9.60. The molecule has 0 aliphatic heterocycles. The molecule has 4 aromatic rings. The van der Waals surface area contributed by atoms with Crippen molar-refractivity contribution >= 4 is 16.3 Å². The molecule has 1 saturated carbocycles. The maximum absolute atomic E-state index is 2.75. The number of fused-ring (bicyclic) bond motifs is 8. The Bertz CT molecular complexity index is 2130. The van der Waals surface area contributed by atoms with E-state index in [1.807, 2.05) is 5.57 Å². The van der Waals surface area contributed by atoms with Gasteiger partial charge < -0.3 is 0 Å². The first kappa shape index (κ1) is 27.8. The molecule has 0 aromatic heterocycles. The Labute approximate surface area is 285 Å². The van der Waals surface area contributed by atoms with Gasteiger partial charge in [0.1, 0.15) is 0 Å². The molecule has 0 saturated heterocycles. The Morgan fingerprint density at radius 1 is 0.604 bits per heavy atom. The zero-order valence-corrected chi connectivity index (χ0v) is 27.8. The molecule has 236 valence electrons. The molecule has 1 fully saturated rings. The molecule has 0 radical (unpaired) electrons. The van der Waals surface area contributed by atoms with Gasteiger partial charge in [0.15, 0.2) is 0 Å². The van der Waals surface area contributed by atoms with E-state index in [-0.39, 0.29) is 0 Å². The second-order valence-electron chi connectivity index (χ2n) is 15.9. The van der Waals surface area contributed by atoms with Gasteiger partial charge >= 0.3 is 0 Å². The lowest BCUT2D eigenvalue weighted by Crippen LogP contribution is -2.32. The molecule has 0 N–H and O–H groups in total. The highest BCUT2D eigenvalue weighted by Gasteiger charge is 2.56. The summed E-state index contributed by atoms with van der Waals surface area (Å²) in [6.45, 7) is 0. The third kappa shape index (κ3) is 3.84. The third-order valence-electron chi connectivity index (χ3n) is 13.8. The summed E-state index contributed by atoms with van der Waals surface area (Å²) >= 11 is 0. The number of rotatable bonds is 3. The molecule has 0 amide bonds. The first-order valence-electron chi connectivity index (χ1n) is 19.0. The minimum Gasteiger partial charge on any atom is -0.0885 e. The SMILES string of the molecule is C1=CC(C2c3cc4c5c(cccc5c3C(c3ccccc3)=C3C5CC=CC6C=CCC(C32)C65)-c2ccc(C3CC=CCC3)cc2-4)CCC1. The summed E-state index contributed by atoms with van der Waals surface area (Å²) in [7, 11) is 0. The minimum absolute atomic E-state index is 0.529. The summed E-state index contributed by atoms with van der Waals surface area (Å²) in [5.41, 5.74) is 15.4. The van der Waals surface area contributed by atoms with Crippen LogP contribution >= 0.6 is 0 Å². The smallest absolute Gasteiger partial charge is 0.00164 e. The van der Waals surface area contributed by atoms with E-state index in [1.54, 1.807) is 16.7 Å². The van der Waals surface area contributed by atoms with E-state index < -0.39 is 0 Å². The van der Waals surface area contributed by atoms with Crippen molar-refractivity contribution < 1.29 is 0 Å². The van der Waals surface area contributed by atoms with E-state index in [9.17, 15) is 0 Å². The van der Waals surface area contributed by atoms with Gasteiger partial charge in [-0.3, -0.25) is 0 Å². The quantitative estimate of drug-likeness (QED) is 0.176. The average Bonchev–Trinajstić information content (AvgIpc) is 3.66. The van der Waals surface area contributed by atoms with Crippen molar-refractivity contribution in [2.75, 3.05) is 0 Å². The normalized spacial score (nSPS) is 31.9. The van der Waals surface area contributed by atoms with Gasteiger partial charge in [0.05, 0.1) is 0 Å². The third-order valence-corrected chi connectivity index (χ3v) is 13.8. The summed E-state index contributed by atoms with van der Waals surface area (Å²) in [6.07, 6.45) is 30.1. The first-order chi connectivity index (χ1) is 23.8. The van der Waals surface area contributed by atoms with Crippen LogP contribution in [-0.2, 0) is 0 Å². The Balaban J connectivity index is 1.22. The fraction of sp³-hybridized carbons (Fsp3) is 0.333. The van der Waals surface area contributed by atoms with Crippen LogP contribution in [0.4, 0.5) is 0 Å². The number of benzene rings is 4. The molecular weight excluding hydrogens is 577 g/mol. The molecule has 7 aliphatic rings. The standard InChI is InChI=1S/C48H44/c1-4-13-29(14-5-1)33-25-26-34-35-21-12-24-38-45(35)40(39(34)27-33)28-41-43(31-15-6-2-7-16-31)47-36-22-10-19-30-20-11-23-37(42(30)36)48(47)44(46(38)41)32-17-8-3-9-18-32/h1,3-4,6,8-12,15,17-21,24-31,36-37,42-43,47H,2,5,7,13-14,16,22-23H2. The second-order valence-corrected chi connectivity index (χ2v) is 15.9. The van der Waals surface area contributed by atoms with E-state index in [2.05, 4.69) is 121 Å². The monoisotopic (exact) mass is 620 g/mol. The van der Waals surface area contributed by atoms with Crippen LogP contribution in [0.25, 0.3) is 38.6 Å². The van der Waals surface area contributed by atoms with Crippen LogP contribution in [0.2, 0.25) is 0 Å². The Hall–Kier alpha value is -4.16. The highest BCUT2D eigenvalue weighted by molar-refractivity contribution is 6.19. The van der Waals surface area contributed by atoms with Gasteiger partial charge in [-0.15, -0.1) is 0 Å². The van der Waals surface area contributed by atoms with Crippen molar-refractivity contribution in [2.45, 2.75) is 63.2 Å². The molecule has 0 heterocycles. The van der Waals surface area contributed by atoms with Crippen LogP contribution < -0.4 is 0 Å². The molecule has 8 unspecified atom stereocenters. The fourth-order valence-corrected chi connectivity index (χ4v) is 12.0. The molecule has 0 spiro atoms. The van der Waals surface area contributed by atoms with E-state index in [1.165, 1.54) is 95.5 Å². The van der Waals surface area contributed by atoms with Crippen molar-refractivity contribution in [3.05, 3.63) is 149 Å². The Morgan fingerprint density at radius 3 is 2.38 bits per heavy atom. The van der Waals surface area contributed by atoms with E-state index >= 15 is 0 Å². The van der Waals surface area contributed by atoms with Crippen LogP contribution in [0.3, 0.4) is 0 Å². The highest BCUT2D eigenvalue weighted by Crippen LogP contribution is 2.67. The summed E-state index contributed by atoms with van der Waals surface area (Å²) in [5.74, 6) is 5.01. The first-order valence-corrected chi connectivity index (χ1v) is 19.0. The number of hydrogen-bond acceptors (Lipinski definition) is 0. The molecule has 0 nitrogen and oxygen atoms in total. The van der Waals surface area contributed by atoms with Gasteiger partial charge in [-0.1, -0.05) is 121 Å². The lowest BCUT2D eigenvalue weighted by Gasteiger charge is -2.43. The second kappa shape index (κ2) is 10.7. The topological polar surface area (TPSA) is 0 Å². The Kier molecular flexibility index (Phi) is 6.17. The molecule has 7 aliphatic carbocycles. The number of allylic oxidation sites excluding steroid dienone is 9. The van der Waals surface area contributed by atoms with E-state index in [0.717, 1.165) is 5.92 Å². The van der Waals surface area contributed by atoms with Crippen molar-refractivity contribution in [1.82, 2.24) is 0 Å². The summed E-state index contributed by atoms with van der Waals surface area (Å²) < 4.78 is 0. The zero-order valence-electron chi connectivity index (χ0n) is 27.8. The van der Waals surface area contributed by atoms with Crippen molar-refractivity contribution in [2.24, 2.45) is 35.5 Å². The molecular formula is C48H44. The predicted octanol–water partition coefficient (Wildman–Crippen LogP) is 12.6. The van der Waals surface area contributed by atoms with Gasteiger partial charge in [0, 0.05) is 0 Å². The molecule has 11 rings (SSSR count). The molecule has 0 heteroatoms. The van der Waals surface area contributed by atoms with Gasteiger partial charge in [-0.2, -0.15) is 0 Å². The van der Waals surface area contributed by atoms with Crippen LogP contribution in [0.15, 0.2) is 127 Å². The maximum atomic E-state index is 2.75. The average molecular weight is 621 g/mol. The molecule has 48 heavy (non-hydrogen) atoms. The molecule has 0 bridgehead atoms. The van der Waals surface area contributed by atoms with Crippen molar-refractivity contribution in [3.8, 4) is 22.3 Å². The van der Waals surface area contributed by atoms with Gasteiger partial charge in [0.25, 0.3) is 0 Å². The van der Waals surface area contributed by atoms with Gasteiger partial charge in [-0.05, 0) is 166 Å².